The van der Waals surface area contributed by atoms with Crippen LogP contribution in [0.5, 0.6) is 0 Å². The van der Waals surface area contributed by atoms with Gasteiger partial charge in [0.05, 0.1) is 12.7 Å². The maximum Gasteiger partial charge on any atom is 0.163 e. The number of nitrogens with zero attached hydrogens (tertiary/aromatic N) is 4. The molecule has 1 aromatic rings. The molecule has 0 N–H and O–H groups in total. The molecule has 0 unspecified atom stereocenters. The number of nitriles is 1. The van der Waals surface area contributed by atoms with E-state index in [2.05, 4.69) is 15.1 Å². The fourth-order valence-corrected chi connectivity index (χ4v) is 1.86. The van der Waals surface area contributed by atoms with E-state index in [1.165, 1.54) is 0 Å². The minimum atomic E-state index is 0.214. The number of hydrogen-bond acceptors (Lipinski definition) is 5. The number of aromatic nitrogens is 2. The third-order valence-electron chi connectivity index (χ3n) is 2.61. The van der Waals surface area contributed by atoms with Crippen LogP contribution < -0.4 is 4.90 Å². The molecule has 1 aromatic heterocycles. The Labute approximate surface area is 94.7 Å². The predicted octanol–water partition coefficient (Wildman–Crippen LogP) is 0.882. The Morgan fingerprint density at radius 2 is 2.38 bits per heavy atom. The molecule has 2 rings (SSSR count). The number of rotatable bonds is 1. The van der Waals surface area contributed by atoms with Gasteiger partial charge in [0.25, 0.3) is 0 Å². The van der Waals surface area contributed by atoms with Crippen molar-refractivity contribution in [2.24, 2.45) is 0 Å². The minimum absolute atomic E-state index is 0.214. The van der Waals surface area contributed by atoms with E-state index in [4.69, 9.17) is 10.00 Å². The van der Waals surface area contributed by atoms with Gasteiger partial charge in [-0.15, -0.1) is 10.2 Å². The lowest BCUT2D eigenvalue weighted by atomic mass is 10.2. The Balaban J connectivity index is 2.23. The van der Waals surface area contributed by atoms with Gasteiger partial charge >= 0.3 is 0 Å². The van der Waals surface area contributed by atoms with Gasteiger partial charge in [0.15, 0.2) is 11.5 Å². The van der Waals surface area contributed by atoms with E-state index >= 15 is 0 Å². The molecule has 0 aromatic carbocycles. The summed E-state index contributed by atoms with van der Waals surface area (Å²) in [6.45, 7) is 6.35. The zero-order valence-corrected chi connectivity index (χ0v) is 9.47. The fourth-order valence-electron chi connectivity index (χ4n) is 1.86. The lowest BCUT2D eigenvalue weighted by Gasteiger charge is -2.32. The van der Waals surface area contributed by atoms with E-state index in [1.807, 2.05) is 19.9 Å². The highest BCUT2D eigenvalue weighted by atomic mass is 16.5. The fraction of sp³-hybridized carbons (Fsp3) is 0.545. The normalized spacial score (nSPS) is 20.6. The van der Waals surface area contributed by atoms with Gasteiger partial charge in [-0.25, -0.2) is 0 Å². The molecule has 1 atom stereocenters. The van der Waals surface area contributed by atoms with Crippen LogP contribution in [0.1, 0.15) is 18.2 Å². The number of anilines is 1. The first-order chi connectivity index (χ1) is 7.70. The molecule has 2 heterocycles. The lowest BCUT2D eigenvalue weighted by molar-refractivity contribution is 0.0528. The van der Waals surface area contributed by atoms with Gasteiger partial charge in [-0.2, -0.15) is 5.26 Å². The molecule has 84 valence electrons. The summed E-state index contributed by atoms with van der Waals surface area (Å²) in [6, 6.07) is 3.76. The molecule has 5 nitrogen and oxygen atoms in total. The first-order valence-electron chi connectivity index (χ1n) is 5.31. The largest absolute Gasteiger partial charge is 0.375 e. The summed E-state index contributed by atoms with van der Waals surface area (Å²) in [5.41, 5.74) is 1.35. The highest BCUT2D eigenvalue weighted by Gasteiger charge is 2.19. The molecule has 0 radical (unpaired) electrons. The zero-order valence-electron chi connectivity index (χ0n) is 9.47. The topological polar surface area (TPSA) is 62.0 Å². The summed E-state index contributed by atoms with van der Waals surface area (Å²) in [5.74, 6) is 0.856. The zero-order chi connectivity index (χ0) is 11.5. The monoisotopic (exact) mass is 218 g/mol. The molecule has 0 amide bonds. The van der Waals surface area contributed by atoms with Crippen LogP contribution in [0.4, 0.5) is 5.82 Å². The summed E-state index contributed by atoms with van der Waals surface area (Å²) in [7, 11) is 0. The molecule has 0 saturated carbocycles. The maximum absolute atomic E-state index is 8.72. The van der Waals surface area contributed by atoms with Gasteiger partial charge in [-0.1, -0.05) is 0 Å². The van der Waals surface area contributed by atoms with Crippen LogP contribution in [-0.2, 0) is 4.74 Å². The van der Waals surface area contributed by atoms with Crippen LogP contribution >= 0.6 is 0 Å². The van der Waals surface area contributed by atoms with Crippen molar-refractivity contribution in [1.82, 2.24) is 10.2 Å². The van der Waals surface area contributed by atoms with E-state index in [-0.39, 0.29) is 6.10 Å². The van der Waals surface area contributed by atoms with E-state index in [0.717, 1.165) is 24.5 Å². The highest BCUT2D eigenvalue weighted by Crippen LogP contribution is 2.18. The quantitative estimate of drug-likeness (QED) is 0.700. The predicted molar refractivity (Wildman–Crippen MR) is 59.1 cm³/mol. The van der Waals surface area contributed by atoms with Crippen LogP contribution in [0.3, 0.4) is 0 Å². The summed E-state index contributed by atoms with van der Waals surface area (Å²) >= 11 is 0. The van der Waals surface area contributed by atoms with Crippen molar-refractivity contribution >= 4 is 5.82 Å². The van der Waals surface area contributed by atoms with Crippen LogP contribution in [0.15, 0.2) is 6.07 Å². The molecule has 0 spiro atoms. The van der Waals surface area contributed by atoms with Crippen molar-refractivity contribution in [2.45, 2.75) is 20.0 Å². The Bertz CT molecular complexity index is 426. The first kappa shape index (κ1) is 10.8. The van der Waals surface area contributed by atoms with Gasteiger partial charge in [-0.3, -0.25) is 0 Å². The van der Waals surface area contributed by atoms with Gasteiger partial charge in [0.1, 0.15) is 6.07 Å². The average molecular weight is 218 g/mol. The van der Waals surface area contributed by atoms with Gasteiger partial charge < -0.3 is 9.64 Å². The molecule has 0 bridgehead atoms. The third kappa shape index (κ3) is 2.12. The Kier molecular flexibility index (Phi) is 3.02. The Morgan fingerprint density at radius 3 is 3.00 bits per heavy atom. The van der Waals surface area contributed by atoms with Crippen molar-refractivity contribution in [1.29, 1.82) is 5.26 Å². The van der Waals surface area contributed by atoms with E-state index in [0.29, 0.717) is 12.3 Å². The molecule has 1 aliphatic rings. The van der Waals surface area contributed by atoms with E-state index in [9.17, 15) is 0 Å². The van der Waals surface area contributed by atoms with Crippen LogP contribution in [0, 0.1) is 18.3 Å². The molecule has 1 fully saturated rings. The van der Waals surface area contributed by atoms with Crippen LogP contribution in [-0.4, -0.2) is 36.0 Å². The second-order valence-corrected chi connectivity index (χ2v) is 3.98. The van der Waals surface area contributed by atoms with Crippen molar-refractivity contribution in [3.05, 3.63) is 17.3 Å². The second kappa shape index (κ2) is 4.45. The molecule has 5 heteroatoms. The van der Waals surface area contributed by atoms with Crippen molar-refractivity contribution in [2.75, 3.05) is 24.6 Å². The van der Waals surface area contributed by atoms with Gasteiger partial charge in [0, 0.05) is 13.1 Å². The Morgan fingerprint density at radius 1 is 1.56 bits per heavy atom. The lowest BCUT2D eigenvalue weighted by Crippen LogP contribution is -2.42. The van der Waals surface area contributed by atoms with Crippen LogP contribution in [0.2, 0.25) is 0 Å². The molecule has 0 aliphatic carbocycles. The minimum Gasteiger partial charge on any atom is -0.375 e. The summed E-state index contributed by atoms with van der Waals surface area (Å²) in [4.78, 5) is 2.15. The summed E-state index contributed by atoms with van der Waals surface area (Å²) < 4.78 is 5.47. The van der Waals surface area contributed by atoms with Crippen molar-refractivity contribution in [3.63, 3.8) is 0 Å². The smallest absolute Gasteiger partial charge is 0.163 e. The summed E-state index contributed by atoms with van der Waals surface area (Å²) in [5, 5.41) is 16.7. The number of hydrogen-bond donors (Lipinski definition) is 0. The molecular weight excluding hydrogens is 204 g/mol. The highest BCUT2D eigenvalue weighted by molar-refractivity contribution is 5.47. The number of ether oxygens (including phenoxy) is 1. The standard InChI is InChI=1S/C11H14N4O/c1-8-5-10(6-12)13-14-11(8)15-3-4-16-9(2)7-15/h5,9H,3-4,7H2,1-2H3/t9-/m0/s1. The molecule has 1 saturated heterocycles. The molecule has 1 aliphatic heterocycles. The van der Waals surface area contributed by atoms with Crippen molar-refractivity contribution < 1.29 is 4.74 Å². The third-order valence-corrected chi connectivity index (χ3v) is 2.61. The SMILES string of the molecule is Cc1cc(C#N)nnc1N1CCO[C@@H](C)C1. The van der Waals surface area contributed by atoms with E-state index in [1.54, 1.807) is 6.07 Å². The Hall–Kier alpha value is -1.67. The van der Waals surface area contributed by atoms with Gasteiger partial charge in [-0.05, 0) is 25.5 Å². The summed E-state index contributed by atoms with van der Waals surface area (Å²) in [6.07, 6.45) is 0.214. The average Bonchev–Trinajstić information content (AvgIpc) is 2.28. The van der Waals surface area contributed by atoms with E-state index < -0.39 is 0 Å². The first-order valence-corrected chi connectivity index (χ1v) is 5.31. The molecule has 16 heavy (non-hydrogen) atoms. The number of morpholine rings is 1. The van der Waals surface area contributed by atoms with Crippen molar-refractivity contribution in [3.8, 4) is 6.07 Å². The second-order valence-electron chi connectivity index (χ2n) is 3.98. The molecular formula is C11H14N4O. The number of aryl methyl sites for hydroxylation is 1. The van der Waals surface area contributed by atoms with Crippen LogP contribution in [0.25, 0.3) is 0 Å². The van der Waals surface area contributed by atoms with Gasteiger partial charge in [0.2, 0.25) is 0 Å². The maximum atomic E-state index is 8.72.